The van der Waals surface area contributed by atoms with Crippen molar-refractivity contribution in [3.63, 3.8) is 0 Å². The minimum Gasteiger partial charge on any atom is -0.465 e. The Balaban J connectivity index is 2.68. The molecule has 0 aliphatic carbocycles. The fraction of sp³-hybridized carbons (Fsp3) is 0.533. The first kappa shape index (κ1) is 19.4. The van der Waals surface area contributed by atoms with Gasteiger partial charge in [-0.1, -0.05) is 54.1 Å². The number of carbonyl (C=O) groups excluding carboxylic acids is 1. The first-order valence-electron chi connectivity index (χ1n) is 7.05. The zero-order valence-corrected chi connectivity index (χ0v) is 16.0. The third-order valence-electron chi connectivity index (χ3n) is 2.83. The molecular weight excluding hydrogens is 417 g/mol. The molecule has 0 aromatic heterocycles. The number of benzene rings is 1. The van der Waals surface area contributed by atoms with Crippen molar-refractivity contribution < 1.29 is 17.9 Å². The Hall–Kier alpha value is -0.670. The monoisotopic (exact) mass is 439 g/mol. The highest BCUT2D eigenvalue weighted by Gasteiger charge is 2.22. The van der Waals surface area contributed by atoms with Gasteiger partial charge in [0.2, 0.25) is 10.0 Å². The number of hydrogen-bond donors (Lipinski definition) is 1. The Kier molecular flexibility index (Phi) is 7.78. The lowest BCUT2D eigenvalue weighted by Crippen LogP contribution is -2.38. The van der Waals surface area contributed by atoms with Crippen molar-refractivity contribution in [2.75, 3.05) is 11.0 Å². The van der Waals surface area contributed by atoms with E-state index in [0.29, 0.717) is 11.0 Å². The van der Waals surface area contributed by atoms with Crippen molar-refractivity contribution >= 4 is 38.6 Å². The Morgan fingerprint density at radius 3 is 2.36 bits per heavy atom. The SMILES string of the molecule is Cc1ccc(S(=O)(=O)N[C@@H](CI)CC(=O)OCC(C)C)cc1. The number of aryl methyl sites for hydroxylation is 1. The fourth-order valence-electron chi connectivity index (χ4n) is 1.65. The maximum absolute atomic E-state index is 12.3. The summed E-state index contributed by atoms with van der Waals surface area (Å²) in [7, 11) is -3.63. The fourth-order valence-corrected chi connectivity index (χ4v) is 3.72. The summed E-state index contributed by atoms with van der Waals surface area (Å²) in [6.45, 7) is 6.13. The van der Waals surface area contributed by atoms with Gasteiger partial charge in [0.1, 0.15) is 0 Å². The molecule has 0 heterocycles. The average Bonchev–Trinajstić information content (AvgIpc) is 2.44. The third-order valence-corrected chi connectivity index (χ3v) is 5.43. The molecule has 0 bridgehead atoms. The third kappa shape index (κ3) is 6.62. The van der Waals surface area contributed by atoms with Gasteiger partial charge in [-0.25, -0.2) is 13.1 Å². The molecule has 1 atom stereocenters. The minimum absolute atomic E-state index is 0.0285. The lowest BCUT2D eigenvalue weighted by atomic mass is 10.2. The van der Waals surface area contributed by atoms with Crippen molar-refractivity contribution in [3.8, 4) is 0 Å². The van der Waals surface area contributed by atoms with Gasteiger partial charge in [0.15, 0.2) is 0 Å². The molecule has 0 aliphatic heterocycles. The van der Waals surface area contributed by atoms with Gasteiger partial charge in [0.25, 0.3) is 0 Å². The number of alkyl halides is 1. The zero-order chi connectivity index (χ0) is 16.8. The number of rotatable bonds is 8. The largest absolute Gasteiger partial charge is 0.465 e. The summed E-state index contributed by atoms with van der Waals surface area (Å²) in [6.07, 6.45) is 0.0285. The van der Waals surface area contributed by atoms with Crippen LogP contribution in [0.5, 0.6) is 0 Å². The maximum Gasteiger partial charge on any atom is 0.307 e. The van der Waals surface area contributed by atoms with E-state index < -0.39 is 16.1 Å². The molecule has 22 heavy (non-hydrogen) atoms. The van der Waals surface area contributed by atoms with Crippen LogP contribution in [0.1, 0.15) is 25.8 Å². The number of hydrogen-bond acceptors (Lipinski definition) is 4. The summed E-state index contributed by atoms with van der Waals surface area (Å²) < 4.78 is 32.7. The van der Waals surface area contributed by atoms with Crippen LogP contribution in [-0.2, 0) is 19.6 Å². The second-order valence-corrected chi connectivity index (χ2v) is 8.16. The second kappa shape index (κ2) is 8.83. The van der Waals surface area contributed by atoms with Crippen LogP contribution in [0, 0.1) is 12.8 Å². The van der Waals surface area contributed by atoms with E-state index in [9.17, 15) is 13.2 Å². The molecular formula is C15H22INO4S. The van der Waals surface area contributed by atoms with Crippen LogP contribution in [-0.4, -0.2) is 31.5 Å². The van der Waals surface area contributed by atoms with E-state index in [1.807, 2.05) is 20.8 Å². The number of ether oxygens (including phenoxy) is 1. The first-order chi connectivity index (χ1) is 10.2. The maximum atomic E-state index is 12.3. The number of esters is 1. The van der Waals surface area contributed by atoms with Crippen molar-refractivity contribution in [2.45, 2.75) is 38.1 Å². The summed E-state index contributed by atoms with van der Waals surface area (Å²) in [5, 5.41) is 0. The molecule has 0 radical (unpaired) electrons. The van der Waals surface area contributed by atoms with E-state index >= 15 is 0 Å². The van der Waals surface area contributed by atoms with Gasteiger partial charge in [-0.2, -0.15) is 0 Å². The lowest BCUT2D eigenvalue weighted by molar-refractivity contribution is -0.145. The van der Waals surface area contributed by atoms with Crippen LogP contribution in [0.2, 0.25) is 0 Å². The van der Waals surface area contributed by atoms with E-state index in [1.54, 1.807) is 24.3 Å². The first-order valence-corrected chi connectivity index (χ1v) is 10.1. The van der Waals surface area contributed by atoms with E-state index in [2.05, 4.69) is 27.3 Å². The van der Waals surface area contributed by atoms with Crippen molar-refractivity contribution in [1.82, 2.24) is 4.72 Å². The highest BCUT2D eigenvalue weighted by Crippen LogP contribution is 2.12. The Morgan fingerprint density at radius 1 is 1.27 bits per heavy atom. The predicted octanol–water partition coefficient (Wildman–Crippen LogP) is 2.67. The molecule has 0 unspecified atom stereocenters. The number of sulfonamides is 1. The van der Waals surface area contributed by atoms with Crippen LogP contribution in [0.15, 0.2) is 29.2 Å². The van der Waals surface area contributed by atoms with E-state index in [4.69, 9.17) is 4.74 Å². The molecule has 1 N–H and O–H groups in total. The Bertz CT molecular complexity index is 584. The summed E-state index contributed by atoms with van der Waals surface area (Å²) in [5.41, 5.74) is 0.988. The molecule has 0 fully saturated rings. The van der Waals surface area contributed by atoms with Gasteiger partial charge < -0.3 is 4.74 Å². The normalized spacial score (nSPS) is 13.1. The smallest absolute Gasteiger partial charge is 0.307 e. The summed E-state index contributed by atoms with van der Waals surface area (Å²) in [6, 6.07) is 6.11. The highest BCUT2D eigenvalue weighted by atomic mass is 127. The van der Waals surface area contributed by atoms with Gasteiger partial charge in [0, 0.05) is 10.5 Å². The van der Waals surface area contributed by atoms with Crippen LogP contribution < -0.4 is 4.72 Å². The number of halogens is 1. The van der Waals surface area contributed by atoms with Crippen LogP contribution in [0.25, 0.3) is 0 Å². The van der Waals surface area contributed by atoms with E-state index in [1.165, 1.54) is 0 Å². The van der Waals surface area contributed by atoms with Gasteiger partial charge in [-0.3, -0.25) is 4.79 Å². The summed E-state index contributed by atoms with van der Waals surface area (Å²) >= 11 is 2.05. The highest BCUT2D eigenvalue weighted by molar-refractivity contribution is 14.1. The van der Waals surface area contributed by atoms with Gasteiger partial charge in [0.05, 0.1) is 17.9 Å². The van der Waals surface area contributed by atoms with Crippen LogP contribution in [0.4, 0.5) is 0 Å². The average molecular weight is 439 g/mol. The molecule has 0 aliphatic rings. The molecule has 5 nitrogen and oxygen atoms in total. The molecule has 1 aromatic carbocycles. The topological polar surface area (TPSA) is 72.5 Å². The van der Waals surface area contributed by atoms with Crippen molar-refractivity contribution in [1.29, 1.82) is 0 Å². The predicted molar refractivity (Wildman–Crippen MR) is 94.6 cm³/mol. The molecule has 0 saturated heterocycles. The van der Waals surface area contributed by atoms with Crippen molar-refractivity contribution in [3.05, 3.63) is 29.8 Å². The van der Waals surface area contributed by atoms with Crippen LogP contribution >= 0.6 is 22.6 Å². The quantitative estimate of drug-likeness (QED) is 0.384. The lowest BCUT2D eigenvalue weighted by Gasteiger charge is -2.16. The molecule has 0 saturated carbocycles. The molecule has 124 valence electrons. The summed E-state index contributed by atoms with van der Waals surface area (Å²) in [4.78, 5) is 11.9. The Labute approximate surface area is 146 Å². The second-order valence-electron chi connectivity index (χ2n) is 5.57. The van der Waals surface area contributed by atoms with E-state index in [0.717, 1.165) is 5.56 Å². The van der Waals surface area contributed by atoms with Crippen molar-refractivity contribution in [2.24, 2.45) is 5.92 Å². The standard InChI is InChI=1S/C15H22INO4S/c1-11(2)10-21-15(18)8-13(9-16)17-22(19,20)14-6-4-12(3)5-7-14/h4-7,11,13,17H,8-10H2,1-3H3/t13-/m1/s1. The molecule has 1 aromatic rings. The zero-order valence-electron chi connectivity index (χ0n) is 13.0. The van der Waals surface area contributed by atoms with Gasteiger partial charge >= 0.3 is 5.97 Å². The molecule has 1 rings (SSSR count). The molecule has 0 amide bonds. The van der Waals surface area contributed by atoms with Gasteiger partial charge in [-0.05, 0) is 25.0 Å². The van der Waals surface area contributed by atoms with Crippen LogP contribution in [0.3, 0.4) is 0 Å². The van der Waals surface area contributed by atoms with Gasteiger partial charge in [-0.15, -0.1) is 0 Å². The number of carbonyl (C=O) groups is 1. The Morgan fingerprint density at radius 2 is 1.86 bits per heavy atom. The minimum atomic E-state index is -3.63. The molecule has 7 heteroatoms. The number of nitrogens with one attached hydrogen (secondary N) is 1. The molecule has 0 spiro atoms. The van der Waals surface area contributed by atoms with E-state index in [-0.39, 0.29) is 23.2 Å². The summed E-state index contributed by atoms with van der Waals surface area (Å²) in [5.74, 6) is -0.131.